The van der Waals surface area contributed by atoms with Crippen LogP contribution >= 0.6 is 11.3 Å². The average Bonchev–Trinajstić information content (AvgIpc) is 2.82. The second kappa shape index (κ2) is 4.55. The van der Waals surface area contributed by atoms with Gasteiger partial charge in [0.15, 0.2) is 0 Å². The Hall–Kier alpha value is -1.26. The summed E-state index contributed by atoms with van der Waals surface area (Å²) in [4.78, 5) is 10.6. The molecule has 88 valence electrons. The first-order valence-corrected chi connectivity index (χ1v) is 6.83. The summed E-state index contributed by atoms with van der Waals surface area (Å²) in [5, 5.41) is 4.46. The largest absolute Gasteiger partial charge is 0.311 e. The van der Waals surface area contributed by atoms with E-state index in [2.05, 4.69) is 23.3 Å². The van der Waals surface area contributed by atoms with Crippen LogP contribution in [-0.2, 0) is 19.4 Å². The normalized spacial score (nSPS) is 14.6. The van der Waals surface area contributed by atoms with Gasteiger partial charge in [-0.1, -0.05) is 13.0 Å². The van der Waals surface area contributed by atoms with Crippen LogP contribution in [0.5, 0.6) is 0 Å². The number of hydrogen-bond acceptors (Lipinski definition) is 4. The molecule has 0 saturated heterocycles. The smallest absolute Gasteiger partial charge is 0.142 e. The molecule has 4 heteroatoms. The Morgan fingerprint density at radius 1 is 1.47 bits per heavy atom. The fourth-order valence-electron chi connectivity index (χ4n) is 2.14. The molecule has 2 aromatic heterocycles. The molecule has 17 heavy (non-hydrogen) atoms. The van der Waals surface area contributed by atoms with Crippen LogP contribution in [-0.4, -0.2) is 16.5 Å². The van der Waals surface area contributed by atoms with Crippen molar-refractivity contribution in [1.82, 2.24) is 15.3 Å². The third-order valence-corrected chi connectivity index (χ3v) is 4.18. The van der Waals surface area contributed by atoms with Crippen LogP contribution in [0.2, 0.25) is 0 Å². The molecule has 0 fully saturated rings. The van der Waals surface area contributed by atoms with Crippen molar-refractivity contribution in [2.45, 2.75) is 26.3 Å². The Morgan fingerprint density at radius 3 is 3.24 bits per heavy atom. The molecule has 1 aliphatic heterocycles. The number of aromatic nitrogens is 2. The lowest BCUT2D eigenvalue weighted by Crippen LogP contribution is -2.22. The maximum Gasteiger partial charge on any atom is 0.142 e. The van der Waals surface area contributed by atoms with Crippen molar-refractivity contribution in [3.63, 3.8) is 0 Å². The van der Waals surface area contributed by atoms with Gasteiger partial charge in [-0.3, -0.25) is 4.98 Å². The van der Waals surface area contributed by atoms with Crippen molar-refractivity contribution < 1.29 is 0 Å². The van der Waals surface area contributed by atoms with Gasteiger partial charge >= 0.3 is 0 Å². The van der Waals surface area contributed by atoms with Crippen LogP contribution in [0, 0.1) is 0 Å². The van der Waals surface area contributed by atoms with Crippen LogP contribution < -0.4 is 5.32 Å². The first-order valence-electron chi connectivity index (χ1n) is 6.02. The van der Waals surface area contributed by atoms with E-state index in [-0.39, 0.29) is 0 Å². The zero-order chi connectivity index (χ0) is 11.7. The van der Waals surface area contributed by atoms with E-state index >= 15 is 0 Å². The van der Waals surface area contributed by atoms with Crippen LogP contribution in [0.3, 0.4) is 0 Å². The Balaban J connectivity index is 2.06. The molecule has 0 aromatic carbocycles. The van der Waals surface area contributed by atoms with Crippen molar-refractivity contribution in [1.29, 1.82) is 0 Å². The summed E-state index contributed by atoms with van der Waals surface area (Å²) < 4.78 is 0. The summed E-state index contributed by atoms with van der Waals surface area (Å²) in [5.41, 5.74) is 3.61. The Bertz CT molecular complexity index is 510. The molecule has 2 aromatic rings. The molecular weight excluding hydrogens is 230 g/mol. The van der Waals surface area contributed by atoms with E-state index in [1.54, 1.807) is 11.3 Å². The summed E-state index contributed by atoms with van der Waals surface area (Å²) in [5.74, 6) is 0. The van der Waals surface area contributed by atoms with E-state index < -0.39 is 0 Å². The lowest BCUT2D eigenvalue weighted by Gasteiger charge is -2.09. The Kier molecular flexibility index (Phi) is 2.91. The molecular formula is C13H15N3S. The SMILES string of the molecule is CCc1cccnc1-c1nc2c(s1)CNCC2. The fraction of sp³-hybridized carbons (Fsp3) is 0.385. The van der Waals surface area contributed by atoms with Gasteiger partial charge in [0.1, 0.15) is 10.7 Å². The monoisotopic (exact) mass is 245 g/mol. The van der Waals surface area contributed by atoms with Crippen LogP contribution in [0.4, 0.5) is 0 Å². The highest BCUT2D eigenvalue weighted by Crippen LogP contribution is 2.30. The van der Waals surface area contributed by atoms with Gasteiger partial charge in [0, 0.05) is 30.6 Å². The van der Waals surface area contributed by atoms with Crippen LogP contribution in [0.25, 0.3) is 10.7 Å². The second-order valence-electron chi connectivity index (χ2n) is 4.18. The molecule has 0 saturated carbocycles. The van der Waals surface area contributed by atoms with Gasteiger partial charge < -0.3 is 5.32 Å². The molecule has 0 bridgehead atoms. The van der Waals surface area contributed by atoms with Crippen molar-refractivity contribution in [3.05, 3.63) is 34.5 Å². The topological polar surface area (TPSA) is 37.8 Å². The molecule has 0 atom stereocenters. The number of nitrogens with one attached hydrogen (secondary N) is 1. The summed E-state index contributed by atoms with van der Waals surface area (Å²) >= 11 is 1.78. The minimum absolute atomic E-state index is 0.960. The van der Waals surface area contributed by atoms with Crippen molar-refractivity contribution in [3.8, 4) is 10.7 Å². The molecule has 3 rings (SSSR count). The standard InChI is InChI=1S/C13H15N3S/c1-2-9-4-3-6-15-12(9)13-16-10-5-7-14-8-11(10)17-13/h3-4,6,14H,2,5,7-8H2,1H3. The molecule has 0 aliphatic carbocycles. The van der Waals surface area contributed by atoms with E-state index in [1.165, 1.54) is 16.1 Å². The highest BCUT2D eigenvalue weighted by Gasteiger charge is 2.17. The zero-order valence-electron chi connectivity index (χ0n) is 9.86. The van der Waals surface area contributed by atoms with Gasteiger partial charge in [-0.2, -0.15) is 0 Å². The first-order chi connectivity index (χ1) is 8.38. The lowest BCUT2D eigenvalue weighted by atomic mass is 10.1. The molecule has 1 N–H and O–H groups in total. The summed E-state index contributed by atoms with van der Waals surface area (Å²) in [6, 6.07) is 4.14. The van der Waals surface area contributed by atoms with E-state index in [0.29, 0.717) is 0 Å². The van der Waals surface area contributed by atoms with Crippen LogP contribution in [0.1, 0.15) is 23.1 Å². The van der Waals surface area contributed by atoms with Crippen molar-refractivity contribution in [2.24, 2.45) is 0 Å². The molecule has 3 nitrogen and oxygen atoms in total. The maximum atomic E-state index is 4.75. The van der Waals surface area contributed by atoms with Crippen molar-refractivity contribution in [2.75, 3.05) is 6.54 Å². The summed E-state index contributed by atoms with van der Waals surface area (Å²) in [6.45, 7) is 4.16. The van der Waals surface area contributed by atoms with Crippen molar-refractivity contribution >= 4 is 11.3 Å². The lowest BCUT2D eigenvalue weighted by molar-refractivity contribution is 0.644. The predicted molar refractivity (Wildman–Crippen MR) is 70.1 cm³/mol. The minimum atomic E-state index is 0.960. The molecule has 0 unspecified atom stereocenters. The van der Waals surface area contributed by atoms with E-state index in [0.717, 1.165) is 36.6 Å². The third-order valence-electron chi connectivity index (χ3n) is 3.08. The van der Waals surface area contributed by atoms with Gasteiger partial charge in [0.2, 0.25) is 0 Å². The number of nitrogens with zero attached hydrogens (tertiary/aromatic N) is 2. The number of pyridine rings is 1. The Morgan fingerprint density at radius 2 is 2.41 bits per heavy atom. The maximum absolute atomic E-state index is 4.75. The summed E-state index contributed by atoms with van der Waals surface area (Å²) in [6.07, 6.45) is 3.90. The van der Waals surface area contributed by atoms with E-state index in [4.69, 9.17) is 4.98 Å². The second-order valence-corrected chi connectivity index (χ2v) is 5.26. The Labute approximate surface area is 105 Å². The molecule has 0 amide bonds. The summed E-state index contributed by atoms with van der Waals surface area (Å²) in [7, 11) is 0. The molecule has 0 radical (unpaired) electrons. The number of hydrogen-bond donors (Lipinski definition) is 1. The number of aryl methyl sites for hydroxylation is 1. The quantitative estimate of drug-likeness (QED) is 0.883. The molecule has 0 spiro atoms. The number of rotatable bonds is 2. The van der Waals surface area contributed by atoms with Gasteiger partial charge in [-0.25, -0.2) is 4.98 Å². The predicted octanol–water partition coefficient (Wildman–Crippen LogP) is 2.41. The third kappa shape index (κ3) is 1.98. The van der Waals surface area contributed by atoms with Crippen LogP contribution in [0.15, 0.2) is 18.3 Å². The van der Waals surface area contributed by atoms with Gasteiger partial charge in [0.25, 0.3) is 0 Å². The zero-order valence-corrected chi connectivity index (χ0v) is 10.7. The van der Waals surface area contributed by atoms with E-state index in [1.807, 2.05) is 12.3 Å². The van der Waals surface area contributed by atoms with Gasteiger partial charge in [-0.15, -0.1) is 11.3 Å². The molecule has 1 aliphatic rings. The van der Waals surface area contributed by atoms with E-state index in [9.17, 15) is 0 Å². The molecule has 3 heterocycles. The highest BCUT2D eigenvalue weighted by atomic mass is 32.1. The minimum Gasteiger partial charge on any atom is -0.311 e. The number of thiazole rings is 1. The highest BCUT2D eigenvalue weighted by molar-refractivity contribution is 7.15. The number of fused-ring (bicyclic) bond motifs is 1. The van der Waals surface area contributed by atoms with Gasteiger partial charge in [0.05, 0.1) is 5.69 Å². The fourth-order valence-corrected chi connectivity index (χ4v) is 3.25. The first kappa shape index (κ1) is 10.9. The van der Waals surface area contributed by atoms with Gasteiger partial charge in [-0.05, 0) is 18.1 Å². The average molecular weight is 245 g/mol.